The number of rotatable bonds is 12. The summed E-state index contributed by atoms with van der Waals surface area (Å²) in [5.41, 5.74) is 1.86. The van der Waals surface area contributed by atoms with Crippen LogP contribution in [-0.2, 0) is 16.1 Å². The highest BCUT2D eigenvalue weighted by Crippen LogP contribution is 2.24. The van der Waals surface area contributed by atoms with Crippen molar-refractivity contribution in [2.75, 3.05) is 18.4 Å². The average Bonchev–Trinajstić information content (AvgIpc) is 2.87. The number of carbonyl (C=O) groups excluding carboxylic acids is 2. The molecular weight excluding hydrogens is 442 g/mol. The normalized spacial score (nSPS) is 14.7. The highest BCUT2D eigenvalue weighted by atomic mass is 16.5. The van der Waals surface area contributed by atoms with Gasteiger partial charge in [0.1, 0.15) is 18.4 Å². The van der Waals surface area contributed by atoms with E-state index in [9.17, 15) is 9.59 Å². The standard InChI is InChI=1S/C28H39N3O4/c1-21(2)19-26(31-28(33)34-20-22-9-5-3-6-10-22)27(32)30-18-17-29-23-13-15-25(16-14-23)35-24-11-7-4-8-12-24/h3,5-6,9-10,13-16,21,24,26,29H,4,7-8,11-12,17-20H2,1-2H3,(H,30,32)(H,31,33)/t26-/m0/s1. The molecular formula is C28H39N3O4. The van der Waals surface area contributed by atoms with Crippen molar-refractivity contribution in [2.24, 2.45) is 5.92 Å². The topological polar surface area (TPSA) is 88.7 Å². The Morgan fingerprint density at radius 3 is 2.34 bits per heavy atom. The van der Waals surface area contributed by atoms with Crippen LogP contribution < -0.4 is 20.7 Å². The van der Waals surface area contributed by atoms with Crippen molar-refractivity contribution >= 4 is 17.7 Å². The van der Waals surface area contributed by atoms with Crippen LogP contribution in [0.15, 0.2) is 54.6 Å². The second-order valence-electron chi connectivity index (χ2n) is 9.51. The Morgan fingerprint density at radius 2 is 1.66 bits per heavy atom. The Labute approximate surface area is 209 Å². The Balaban J connectivity index is 1.38. The maximum atomic E-state index is 12.7. The molecule has 0 saturated heterocycles. The largest absolute Gasteiger partial charge is 0.490 e. The zero-order chi connectivity index (χ0) is 24.9. The van der Waals surface area contributed by atoms with Gasteiger partial charge in [-0.2, -0.15) is 0 Å². The van der Waals surface area contributed by atoms with E-state index in [1.807, 2.05) is 68.4 Å². The lowest BCUT2D eigenvalue weighted by atomic mass is 9.98. The van der Waals surface area contributed by atoms with Gasteiger partial charge in [0, 0.05) is 18.8 Å². The van der Waals surface area contributed by atoms with Gasteiger partial charge in [0.15, 0.2) is 0 Å². The molecule has 0 bridgehead atoms. The molecule has 0 aromatic heterocycles. The molecule has 0 heterocycles. The number of anilines is 1. The summed E-state index contributed by atoms with van der Waals surface area (Å²) < 4.78 is 11.3. The molecule has 7 nitrogen and oxygen atoms in total. The molecule has 2 aromatic carbocycles. The van der Waals surface area contributed by atoms with Gasteiger partial charge in [0.05, 0.1) is 6.10 Å². The SMILES string of the molecule is CC(C)C[C@H](NC(=O)OCc1ccccc1)C(=O)NCCNc1ccc(OC2CCCCC2)cc1. The van der Waals surface area contributed by atoms with Crippen molar-refractivity contribution in [1.29, 1.82) is 0 Å². The molecule has 7 heteroatoms. The molecule has 1 aliphatic carbocycles. The van der Waals surface area contributed by atoms with Gasteiger partial charge in [0.2, 0.25) is 5.91 Å². The second-order valence-corrected chi connectivity index (χ2v) is 9.51. The molecule has 0 radical (unpaired) electrons. The quantitative estimate of drug-likeness (QED) is 0.360. The first-order chi connectivity index (χ1) is 17.0. The van der Waals surface area contributed by atoms with Crippen LogP contribution in [0.25, 0.3) is 0 Å². The Hall–Kier alpha value is -3.22. The second kappa shape index (κ2) is 14.2. The van der Waals surface area contributed by atoms with Crippen LogP contribution in [0.2, 0.25) is 0 Å². The fourth-order valence-electron chi connectivity index (χ4n) is 4.15. The van der Waals surface area contributed by atoms with E-state index >= 15 is 0 Å². The number of alkyl carbamates (subject to hydrolysis) is 1. The van der Waals surface area contributed by atoms with E-state index in [1.165, 1.54) is 19.3 Å². The summed E-state index contributed by atoms with van der Waals surface area (Å²) >= 11 is 0. The molecule has 0 aliphatic heterocycles. The minimum atomic E-state index is -0.644. The van der Waals surface area contributed by atoms with Crippen molar-refractivity contribution < 1.29 is 19.1 Å². The van der Waals surface area contributed by atoms with Crippen molar-refractivity contribution in [2.45, 2.75) is 71.1 Å². The Bertz CT molecular complexity index is 896. The van der Waals surface area contributed by atoms with Gasteiger partial charge in [-0.25, -0.2) is 4.79 Å². The van der Waals surface area contributed by atoms with Crippen LogP contribution in [0, 0.1) is 5.92 Å². The molecule has 35 heavy (non-hydrogen) atoms. The minimum absolute atomic E-state index is 0.164. The van der Waals surface area contributed by atoms with Crippen LogP contribution in [0.3, 0.4) is 0 Å². The minimum Gasteiger partial charge on any atom is -0.490 e. The van der Waals surface area contributed by atoms with Crippen molar-refractivity contribution in [1.82, 2.24) is 10.6 Å². The number of amides is 2. The molecule has 0 unspecified atom stereocenters. The smallest absolute Gasteiger partial charge is 0.408 e. The van der Waals surface area contributed by atoms with Crippen molar-refractivity contribution in [3.05, 3.63) is 60.2 Å². The number of benzene rings is 2. The van der Waals surface area contributed by atoms with Gasteiger partial charge in [-0.3, -0.25) is 4.79 Å². The molecule has 2 amide bonds. The molecule has 1 saturated carbocycles. The fourth-order valence-corrected chi connectivity index (χ4v) is 4.15. The van der Waals surface area contributed by atoms with Crippen LogP contribution in [0.4, 0.5) is 10.5 Å². The summed E-state index contributed by atoms with van der Waals surface area (Å²) in [7, 11) is 0. The van der Waals surface area contributed by atoms with E-state index in [0.717, 1.165) is 29.8 Å². The lowest BCUT2D eigenvalue weighted by Crippen LogP contribution is -2.48. The summed E-state index contributed by atoms with van der Waals surface area (Å²) in [6.45, 7) is 5.20. The summed E-state index contributed by atoms with van der Waals surface area (Å²) in [4.78, 5) is 25.0. The molecule has 0 spiro atoms. The molecule has 3 rings (SSSR count). The monoisotopic (exact) mass is 481 g/mol. The van der Waals surface area contributed by atoms with Crippen LogP contribution in [0.5, 0.6) is 5.75 Å². The van der Waals surface area contributed by atoms with Gasteiger partial charge >= 0.3 is 6.09 Å². The Kier molecular flexibility index (Phi) is 10.7. The summed E-state index contributed by atoms with van der Waals surface area (Å²) in [6.07, 6.45) is 6.35. The number of ether oxygens (including phenoxy) is 2. The summed E-state index contributed by atoms with van der Waals surface area (Å²) in [5, 5.41) is 8.92. The average molecular weight is 482 g/mol. The zero-order valence-corrected chi connectivity index (χ0v) is 20.9. The predicted octanol–water partition coefficient (Wildman–Crippen LogP) is 5.27. The highest BCUT2D eigenvalue weighted by molar-refractivity contribution is 5.85. The van der Waals surface area contributed by atoms with Crippen molar-refractivity contribution in [3.63, 3.8) is 0 Å². The van der Waals surface area contributed by atoms with Crippen LogP contribution >= 0.6 is 0 Å². The maximum Gasteiger partial charge on any atom is 0.408 e. The number of nitrogens with one attached hydrogen (secondary N) is 3. The number of hydrogen-bond acceptors (Lipinski definition) is 5. The first kappa shape index (κ1) is 26.4. The molecule has 1 fully saturated rings. The number of hydrogen-bond donors (Lipinski definition) is 3. The van der Waals surface area contributed by atoms with E-state index in [4.69, 9.17) is 9.47 Å². The van der Waals surface area contributed by atoms with E-state index in [-0.39, 0.29) is 18.4 Å². The van der Waals surface area contributed by atoms with Crippen molar-refractivity contribution in [3.8, 4) is 5.75 Å². The molecule has 190 valence electrons. The molecule has 2 aromatic rings. The predicted molar refractivity (Wildman–Crippen MR) is 138 cm³/mol. The maximum absolute atomic E-state index is 12.7. The molecule has 3 N–H and O–H groups in total. The third-order valence-corrected chi connectivity index (χ3v) is 5.99. The van der Waals surface area contributed by atoms with Crippen LogP contribution in [0.1, 0.15) is 57.9 Å². The third kappa shape index (κ3) is 9.89. The summed E-state index contributed by atoms with van der Waals surface area (Å²) in [5.74, 6) is 0.929. The fraction of sp³-hybridized carbons (Fsp3) is 0.500. The van der Waals surface area contributed by atoms with E-state index in [0.29, 0.717) is 25.6 Å². The number of carbonyl (C=O) groups is 2. The first-order valence-corrected chi connectivity index (χ1v) is 12.7. The first-order valence-electron chi connectivity index (χ1n) is 12.7. The third-order valence-electron chi connectivity index (χ3n) is 5.99. The van der Waals surface area contributed by atoms with E-state index in [1.54, 1.807) is 0 Å². The Morgan fingerprint density at radius 1 is 0.943 bits per heavy atom. The molecule has 1 atom stereocenters. The lowest BCUT2D eigenvalue weighted by molar-refractivity contribution is -0.123. The van der Waals surface area contributed by atoms with Gasteiger partial charge in [0.25, 0.3) is 0 Å². The lowest BCUT2D eigenvalue weighted by Gasteiger charge is -2.23. The van der Waals surface area contributed by atoms with Gasteiger partial charge in [-0.1, -0.05) is 50.6 Å². The van der Waals surface area contributed by atoms with E-state index in [2.05, 4.69) is 16.0 Å². The highest BCUT2D eigenvalue weighted by Gasteiger charge is 2.22. The van der Waals surface area contributed by atoms with Gasteiger partial charge in [-0.15, -0.1) is 0 Å². The van der Waals surface area contributed by atoms with E-state index < -0.39 is 12.1 Å². The van der Waals surface area contributed by atoms with Gasteiger partial charge < -0.3 is 25.4 Å². The van der Waals surface area contributed by atoms with Gasteiger partial charge in [-0.05, 0) is 67.9 Å². The van der Waals surface area contributed by atoms with Crippen LogP contribution in [-0.4, -0.2) is 37.2 Å². The molecule has 1 aliphatic rings. The zero-order valence-electron chi connectivity index (χ0n) is 20.9. The summed E-state index contributed by atoms with van der Waals surface area (Å²) in [6, 6.07) is 16.8.